The second-order valence-electron chi connectivity index (χ2n) is 2.38. The van der Waals surface area contributed by atoms with E-state index < -0.39 is 0 Å². The van der Waals surface area contributed by atoms with Crippen LogP contribution in [0.15, 0.2) is 0 Å². The van der Waals surface area contributed by atoms with Crippen molar-refractivity contribution in [3.05, 3.63) is 0 Å². The van der Waals surface area contributed by atoms with Gasteiger partial charge in [0.25, 0.3) is 0 Å². The summed E-state index contributed by atoms with van der Waals surface area (Å²) in [7, 11) is 0. The van der Waals surface area contributed by atoms with Gasteiger partial charge >= 0.3 is 0 Å². The van der Waals surface area contributed by atoms with Gasteiger partial charge in [0.2, 0.25) is 5.91 Å². The second kappa shape index (κ2) is 2.79. The van der Waals surface area contributed by atoms with Crippen molar-refractivity contribution in [1.29, 1.82) is 0 Å². The molecule has 0 saturated carbocycles. The third-order valence-corrected chi connectivity index (χ3v) is 1.35. The minimum atomic E-state index is 0.00944. The molecule has 1 heterocycles. The van der Waals surface area contributed by atoms with E-state index in [4.69, 9.17) is 0 Å². The molecular formula is C6H10N2O2. The summed E-state index contributed by atoms with van der Waals surface area (Å²) < 4.78 is 0. The molecule has 56 valence electrons. The van der Waals surface area contributed by atoms with E-state index in [-0.39, 0.29) is 18.2 Å². The molecular weight excluding hydrogens is 132 g/mol. The molecule has 1 saturated heterocycles. The molecule has 0 aromatic heterocycles. The first-order valence-electron chi connectivity index (χ1n) is 3.18. The molecule has 0 atom stereocenters. The minimum absolute atomic E-state index is 0.00944. The van der Waals surface area contributed by atoms with Crippen LogP contribution < -0.4 is 5.32 Å². The van der Waals surface area contributed by atoms with Gasteiger partial charge in [0, 0.05) is 0 Å². The van der Waals surface area contributed by atoms with Gasteiger partial charge in [-0.1, -0.05) is 0 Å². The van der Waals surface area contributed by atoms with E-state index in [2.05, 4.69) is 5.32 Å². The summed E-state index contributed by atoms with van der Waals surface area (Å²) in [6, 6.07) is 0. The van der Waals surface area contributed by atoms with Crippen LogP contribution in [0.5, 0.6) is 0 Å². The lowest BCUT2D eigenvalue weighted by atomic mass is 10.4. The molecule has 1 fully saturated rings. The third kappa shape index (κ3) is 1.54. The van der Waals surface area contributed by atoms with Crippen LogP contribution in [0, 0.1) is 0 Å². The van der Waals surface area contributed by atoms with E-state index in [1.807, 2.05) is 0 Å². The summed E-state index contributed by atoms with van der Waals surface area (Å²) >= 11 is 0. The van der Waals surface area contributed by atoms with Gasteiger partial charge in [-0.15, -0.1) is 0 Å². The van der Waals surface area contributed by atoms with Gasteiger partial charge < -0.3 is 4.90 Å². The Kier molecular flexibility index (Phi) is 2.01. The quantitative estimate of drug-likeness (QED) is 0.536. The maximum atomic E-state index is 10.8. The number of carbonyl (C=O) groups is 2. The van der Waals surface area contributed by atoms with E-state index in [0.717, 1.165) is 0 Å². The number of nitrogens with zero attached hydrogens (tertiary/aromatic N) is 1. The molecule has 10 heavy (non-hydrogen) atoms. The van der Waals surface area contributed by atoms with E-state index in [9.17, 15) is 9.59 Å². The van der Waals surface area contributed by atoms with Crippen molar-refractivity contribution < 1.29 is 9.59 Å². The Morgan fingerprint density at radius 3 is 2.90 bits per heavy atom. The first-order chi connectivity index (χ1) is 4.70. The Labute approximate surface area is 59.2 Å². The lowest BCUT2D eigenvalue weighted by molar-refractivity contribution is -0.130. The molecule has 0 aliphatic carbocycles. The molecule has 1 aliphatic rings. The fourth-order valence-electron chi connectivity index (χ4n) is 0.911. The molecule has 0 radical (unpaired) electrons. The Bertz CT molecular complexity index is 167. The number of hydrogen-bond acceptors (Lipinski definition) is 3. The standard InChI is InChI=1S/C6H10N2O2/c1-5(9)3-8-4-7-2-6(8)10/h7H,2-4H2,1H3. The van der Waals surface area contributed by atoms with Crippen LogP contribution in [-0.4, -0.2) is 36.3 Å². The number of hydrogen-bond donors (Lipinski definition) is 1. The van der Waals surface area contributed by atoms with Crippen LogP contribution in [-0.2, 0) is 9.59 Å². The molecule has 4 nitrogen and oxygen atoms in total. The average Bonchev–Trinajstić information content (AvgIpc) is 2.15. The predicted octanol–water partition coefficient (Wildman–Crippen LogP) is -1.04. The van der Waals surface area contributed by atoms with Gasteiger partial charge in [-0.25, -0.2) is 0 Å². The zero-order chi connectivity index (χ0) is 7.56. The Morgan fingerprint density at radius 1 is 1.80 bits per heavy atom. The van der Waals surface area contributed by atoms with Crippen LogP contribution in [0.3, 0.4) is 0 Å². The van der Waals surface area contributed by atoms with Crippen LogP contribution in [0.4, 0.5) is 0 Å². The monoisotopic (exact) mass is 142 g/mol. The van der Waals surface area contributed by atoms with Crippen LogP contribution >= 0.6 is 0 Å². The van der Waals surface area contributed by atoms with Gasteiger partial charge in [-0.2, -0.15) is 0 Å². The molecule has 1 rings (SSSR count). The number of Topliss-reactive ketones (excluding diaryl/α,β-unsaturated/α-hetero) is 1. The zero-order valence-electron chi connectivity index (χ0n) is 5.89. The largest absolute Gasteiger partial charge is 0.321 e. The first-order valence-corrected chi connectivity index (χ1v) is 3.18. The topological polar surface area (TPSA) is 49.4 Å². The zero-order valence-corrected chi connectivity index (χ0v) is 5.89. The predicted molar refractivity (Wildman–Crippen MR) is 35.3 cm³/mol. The number of ketones is 1. The summed E-state index contributed by atoms with van der Waals surface area (Å²) in [5.41, 5.74) is 0. The van der Waals surface area contributed by atoms with E-state index >= 15 is 0 Å². The lowest BCUT2D eigenvalue weighted by Crippen LogP contribution is -2.30. The fourth-order valence-corrected chi connectivity index (χ4v) is 0.911. The molecule has 0 aromatic rings. The molecule has 0 spiro atoms. The highest BCUT2D eigenvalue weighted by Crippen LogP contribution is 1.93. The van der Waals surface area contributed by atoms with Gasteiger partial charge in [0.05, 0.1) is 19.8 Å². The van der Waals surface area contributed by atoms with Crippen molar-refractivity contribution in [3.63, 3.8) is 0 Å². The number of amides is 1. The Hall–Kier alpha value is -0.900. The smallest absolute Gasteiger partial charge is 0.238 e. The molecule has 4 heteroatoms. The Balaban J connectivity index is 2.40. The number of nitrogens with one attached hydrogen (secondary N) is 1. The number of rotatable bonds is 2. The third-order valence-electron chi connectivity index (χ3n) is 1.35. The second-order valence-corrected chi connectivity index (χ2v) is 2.38. The molecule has 1 aliphatic heterocycles. The van der Waals surface area contributed by atoms with E-state index in [1.54, 1.807) is 0 Å². The maximum absolute atomic E-state index is 10.8. The van der Waals surface area contributed by atoms with Crippen molar-refractivity contribution in [3.8, 4) is 0 Å². The highest BCUT2D eigenvalue weighted by Gasteiger charge is 2.19. The fraction of sp³-hybridized carbons (Fsp3) is 0.667. The number of carbonyl (C=O) groups excluding carboxylic acids is 2. The highest BCUT2D eigenvalue weighted by atomic mass is 16.2. The lowest BCUT2D eigenvalue weighted by Gasteiger charge is -2.10. The molecule has 1 amide bonds. The average molecular weight is 142 g/mol. The summed E-state index contributed by atoms with van der Waals surface area (Å²) in [4.78, 5) is 22.8. The minimum Gasteiger partial charge on any atom is -0.321 e. The van der Waals surface area contributed by atoms with Gasteiger partial charge in [-0.3, -0.25) is 14.9 Å². The summed E-state index contributed by atoms with van der Waals surface area (Å²) in [6.45, 7) is 2.60. The summed E-state index contributed by atoms with van der Waals surface area (Å²) in [6.07, 6.45) is 0. The molecule has 1 N–H and O–H groups in total. The van der Waals surface area contributed by atoms with Gasteiger partial charge in [0.1, 0.15) is 5.78 Å². The SMILES string of the molecule is CC(=O)CN1CNCC1=O. The van der Waals surface area contributed by atoms with E-state index in [1.165, 1.54) is 11.8 Å². The van der Waals surface area contributed by atoms with Crippen molar-refractivity contribution in [1.82, 2.24) is 10.2 Å². The van der Waals surface area contributed by atoms with Gasteiger partial charge in [-0.05, 0) is 6.92 Å². The molecule has 0 bridgehead atoms. The van der Waals surface area contributed by atoms with E-state index in [0.29, 0.717) is 13.2 Å². The molecule has 0 unspecified atom stereocenters. The van der Waals surface area contributed by atoms with Crippen molar-refractivity contribution in [2.24, 2.45) is 0 Å². The first kappa shape index (κ1) is 7.21. The Morgan fingerprint density at radius 2 is 2.50 bits per heavy atom. The molecule has 0 aromatic carbocycles. The summed E-state index contributed by atoms with van der Waals surface area (Å²) in [5.74, 6) is 0.0345. The van der Waals surface area contributed by atoms with Gasteiger partial charge in [0.15, 0.2) is 0 Å². The van der Waals surface area contributed by atoms with Crippen LogP contribution in [0.1, 0.15) is 6.92 Å². The van der Waals surface area contributed by atoms with Crippen LogP contribution in [0.25, 0.3) is 0 Å². The normalized spacial score (nSPS) is 18.1. The van der Waals surface area contributed by atoms with Crippen molar-refractivity contribution in [2.45, 2.75) is 6.92 Å². The van der Waals surface area contributed by atoms with Crippen molar-refractivity contribution >= 4 is 11.7 Å². The highest BCUT2D eigenvalue weighted by molar-refractivity contribution is 5.86. The van der Waals surface area contributed by atoms with Crippen LogP contribution in [0.2, 0.25) is 0 Å². The van der Waals surface area contributed by atoms with Crippen molar-refractivity contribution in [2.75, 3.05) is 19.8 Å². The maximum Gasteiger partial charge on any atom is 0.238 e. The summed E-state index contributed by atoms with van der Waals surface area (Å²) in [5, 5.41) is 2.85.